The Kier molecular flexibility index (Phi) is 5.73. The van der Waals surface area contributed by atoms with Crippen molar-refractivity contribution in [1.29, 1.82) is 0 Å². The van der Waals surface area contributed by atoms with Gasteiger partial charge in [-0.05, 0) is 18.6 Å². The molecular formula is C13H17Cl2NO4S. The van der Waals surface area contributed by atoms with Gasteiger partial charge in [0.2, 0.25) is 0 Å². The van der Waals surface area contributed by atoms with E-state index in [0.717, 1.165) is 0 Å². The summed E-state index contributed by atoms with van der Waals surface area (Å²) in [4.78, 5) is 0. The number of nitrogens with one attached hydrogen (secondary N) is 1. The van der Waals surface area contributed by atoms with Crippen molar-refractivity contribution in [2.24, 2.45) is 0 Å². The lowest BCUT2D eigenvalue weighted by atomic mass is 10.2. The maximum atomic E-state index is 11.3. The lowest BCUT2D eigenvalue weighted by Crippen LogP contribution is -2.38. The fourth-order valence-corrected chi connectivity index (χ4v) is 4.33. The van der Waals surface area contributed by atoms with Gasteiger partial charge < -0.3 is 15.2 Å². The summed E-state index contributed by atoms with van der Waals surface area (Å²) in [6.45, 7) is 0.276. The van der Waals surface area contributed by atoms with Gasteiger partial charge in [0.25, 0.3) is 0 Å². The highest BCUT2D eigenvalue weighted by Crippen LogP contribution is 2.32. The molecule has 0 saturated carbocycles. The van der Waals surface area contributed by atoms with Crippen LogP contribution < -0.4 is 10.1 Å². The molecule has 0 amide bonds. The molecule has 2 unspecified atom stereocenters. The van der Waals surface area contributed by atoms with Crippen LogP contribution in [0.3, 0.4) is 0 Å². The van der Waals surface area contributed by atoms with E-state index in [1.165, 1.54) is 0 Å². The van der Waals surface area contributed by atoms with Crippen LogP contribution in [0.4, 0.5) is 0 Å². The van der Waals surface area contributed by atoms with E-state index in [-0.39, 0.29) is 30.7 Å². The van der Waals surface area contributed by atoms with Crippen LogP contribution in [-0.4, -0.2) is 50.3 Å². The largest absolute Gasteiger partial charge is 0.488 e. The number of benzene rings is 1. The van der Waals surface area contributed by atoms with Gasteiger partial charge in [-0.25, -0.2) is 8.42 Å². The highest BCUT2D eigenvalue weighted by molar-refractivity contribution is 7.91. The van der Waals surface area contributed by atoms with E-state index in [4.69, 9.17) is 27.9 Å². The average molecular weight is 354 g/mol. The number of para-hydroxylation sites is 1. The summed E-state index contributed by atoms with van der Waals surface area (Å²) < 4.78 is 28.0. The van der Waals surface area contributed by atoms with Crippen molar-refractivity contribution in [3.05, 3.63) is 28.2 Å². The predicted molar refractivity (Wildman–Crippen MR) is 83.0 cm³/mol. The maximum Gasteiger partial charge on any atom is 0.156 e. The van der Waals surface area contributed by atoms with E-state index in [1.54, 1.807) is 18.2 Å². The number of hydrogen-bond donors (Lipinski definition) is 2. The molecule has 0 aliphatic carbocycles. The molecule has 1 aliphatic rings. The molecule has 1 saturated heterocycles. The first-order valence-electron chi connectivity index (χ1n) is 6.56. The zero-order chi connectivity index (χ0) is 15.5. The molecule has 8 heteroatoms. The summed E-state index contributed by atoms with van der Waals surface area (Å²) in [6.07, 6.45) is -0.202. The molecule has 1 fully saturated rings. The third-order valence-corrected chi connectivity index (χ3v) is 5.58. The molecule has 0 spiro atoms. The molecule has 5 nitrogen and oxygen atoms in total. The number of sulfone groups is 1. The Morgan fingerprint density at radius 3 is 2.62 bits per heavy atom. The molecule has 0 aromatic heterocycles. The van der Waals surface area contributed by atoms with E-state index in [2.05, 4.69) is 5.32 Å². The third kappa shape index (κ3) is 5.00. The molecule has 0 bridgehead atoms. The van der Waals surface area contributed by atoms with Gasteiger partial charge in [-0.1, -0.05) is 29.3 Å². The van der Waals surface area contributed by atoms with Crippen LogP contribution in [0.25, 0.3) is 0 Å². The lowest BCUT2D eigenvalue weighted by molar-refractivity contribution is 0.104. The summed E-state index contributed by atoms with van der Waals surface area (Å²) in [6, 6.07) is 4.90. The second-order valence-corrected chi connectivity index (χ2v) is 8.07. The Bertz CT molecular complexity index is 574. The van der Waals surface area contributed by atoms with Crippen molar-refractivity contribution in [2.45, 2.75) is 18.6 Å². The van der Waals surface area contributed by atoms with Gasteiger partial charge in [0.15, 0.2) is 15.6 Å². The van der Waals surface area contributed by atoms with Gasteiger partial charge in [0, 0.05) is 12.6 Å². The van der Waals surface area contributed by atoms with Crippen molar-refractivity contribution in [3.63, 3.8) is 0 Å². The van der Waals surface area contributed by atoms with Gasteiger partial charge in [0.05, 0.1) is 21.6 Å². The topological polar surface area (TPSA) is 75.6 Å². The Morgan fingerprint density at radius 2 is 2.05 bits per heavy atom. The fourth-order valence-electron chi connectivity index (χ4n) is 2.12. The summed E-state index contributed by atoms with van der Waals surface area (Å²) >= 11 is 11.9. The number of aliphatic hydroxyl groups is 1. The predicted octanol–water partition coefficient (Wildman–Crippen LogP) is 1.51. The molecule has 2 N–H and O–H groups in total. The molecule has 1 heterocycles. The maximum absolute atomic E-state index is 11.3. The van der Waals surface area contributed by atoms with Crippen molar-refractivity contribution >= 4 is 33.0 Å². The van der Waals surface area contributed by atoms with E-state index >= 15 is 0 Å². The van der Waals surface area contributed by atoms with E-state index in [9.17, 15) is 13.5 Å². The van der Waals surface area contributed by atoms with Gasteiger partial charge in [-0.15, -0.1) is 0 Å². The number of hydrogen-bond acceptors (Lipinski definition) is 5. The molecule has 2 atom stereocenters. The first kappa shape index (κ1) is 16.8. The summed E-state index contributed by atoms with van der Waals surface area (Å²) in [5.41, 5.74) is 0. The summed E-state index contributed by atoms with van der Waals surface area (Å²) in [5, 5.41) is 13.6. The zero-order valence-electron chi connectivity index (χ0n) is 11.3. The van der Waals surface area contributed by atoms with Gasteiger partial charge >= 0.3 is 0 Å². The van der Waals surface area contributed by atoms with Gasteiger partial charge in [-0.2, -0.15) is 0 Å². The molecule has 21 heavy (non-hydrogen) atoms. The van der Waals surface area contributed by atoms with Crippen LogP contribution in [0.2, 0.25) is 10.0 Å². The standard InChI is InChI=1S/C13H17Cl2NO4S/c14-11-2-1-3-12(15)13(11)20-7-10(17)6-16-9-4-5-21(18,19)8-9/h1-3,9-10,16-17H,4-8H2. The van der Waals surface area contributed by atoms with Crippen molar-refractivity contribution in [2.75, 3.05) is 24.7 Å². The van der Waals surface area contributed by atoms with Crippen molar-refractivity contribution < 1.29 is 18.3 Å². The fraction of sp³-hybridized carbons (Fsp3) is 0.538. The smallest absolute Gasteiger partial charge is 0.156 e. The molecule has 118 valence electrons. The second kappa shape index (κ2) is 7.15. The van der Waals surface area contributed by atoms with Gasteiger partial charge in [0.1, 0.15) is 12.7 Å². The van der Waals surface area contributed by atoms with Crippen LogP contribution in [0.5, 0.6) is 5.75 Å². The minimum absolute atomic E-state index is 0.0237. The number of ether oxygens (including phenoxy) is 1. The van der Waals surface area contributed by atoms with Crippen molar-refractivity contribution in [1.82, 2.24) is 5.32 Å². The number of halogens is 2. The van der Waals surface area contributed by atoms with Crippen LogP contribution in [0.1, 0.15) is 6.42 Å². The van der Waals surface area contributed by atoms with Crippen LogP contribution in [-0.2, 0) is 9.84 Å². The molecule has 1 aromatic rings. The Morgan fingerprint density at radius 1 is 1.38 bits per heavy atom. The molecule has 1 aliphatic heterocycles. The Balaban J connectivity index is 1.76. The van der Waals surface area contributed by atoms with Crippen LogP contribution in [0.15, 0.2) is 18.2 Å². The summed E-state index contributed by atoms with van der Waals surface area (Å²) in [5.74, 6) is 0.659. The second-order valence-electron chi connectivity index (χ2n) is 5.02. The van der Waals surface area contributed by atoms with Crippen LogP contribution in [0, 0.1) is 0 Å². The summed E-state index contributed by atoms with van der Waals surface area (Å²) in [7, 11) is -2.92. The SMILES string of the molecule is O=S1(=O)CCC(NCC(O)COc2c(Cl)cccc2Cl)C1. The molecule has 0 radical (unpaired) electrons. The monoisotopic (exact) mass is 353 g/mol. The average Bonchev–Trinajstić information content (AvgIpc) is 2.75. The third-order valence-electron chi connectivity index (χ3n) is 3.21. The Hall–Kier alpha value is -0.530. The first-order chi connectivity index (χ1) is 9.87. The first-order valence-corrected chi connectivity index (χ1v) is 9.14. The minimum atomic E-state index is -2.92. The lowest BCUT2D eigenvalue weighted by Gasteiger charge is -2.17. The van der Waals surface area contributed by atoms with Gasteiger partial charge in [-0.3, -0.25) is 0 Å². The van der Waals surface area contributed by atoms with E-state index in [1.807, 2.05) is 0 Å². The highest BCUT2D eigenvalue weighted by Gasteiger charge is 2.27. The van der Waals surface area contributed by atoms with E-state index in [0.29, 0.717) is 22.2 Å². The number of rotatable bonds is 6. The van der Waals surface area contributed by atoms with Crippen molar-refractivity contribution in [3.8, 4) is 5.75 Å². The quantitative estimate of drug-likeness (QED) is 0.810. The van der Waals surface area contributed by atoms with E-state index < -0.39 is 15.9 Å². The molecule has 1 aromatic carbocycles. The highest BCUT2D eigenvalue weighted by atomic mass is 35.5. The molecular weight excluding hydrogens is 337 g/mol. The Labute approximate surface area is 134 Å². The normalized spacial score (nSPS) is 22.1. The van der Waals surface area contributed by atoms with Crippen LogP contribution >= 0.6 is 23.2 Å². The number of aliphatic hydroxyl groups excluding tert-OH is 1. The zero-order valence-corrected chi connectivity index (χ0v) is 13.6. The minimum Gasteiger partial charge on any atom is -0.488 e. The molecule has 2 rings (SSSR count).